The van der Waals surface area contributed by atoms with Crippen molar-refractivity contribution in [3.05, 3.63) is 63.6 Å². The molecule has 0 spiro atoms. The van der Waals surface area contributed by atoms with Gasteiger partial charge in [0.05, 0.1) is 6.04 Å². The Morgan fingerprint density at radius 3 is 2.70 bits per heavy atom. The minimum atomic E-state index is -0.0222. The third-order valence-electron chi connectivity index (χ3n) is 3.65. The first-order valence-corrected chi connectivity index (χ1v) is 7.38. The topological polar surface area (TPSA) is 50.9 Å². The van der Waals surface area contributed by atoms with Gasteiger partial charge in [-0.1, -0.05) is 24.3 Å². The lowest BCUT2D eigenvalue weighted by molar-refractivity contribution is 0.648. The van der Waals surface area contributed by atoms with Gasteiger partial charge in [-0.15, -0.1) is 11.3 Å². The van der Waals surface area contributed by atoms with E-state index in [0.29, 0.717) is 0 Å². The number of rotatable bonds is 3. The predicted octanol–water partition coefficient (Wildman–Crippen LogP) is 3.47. The number of nitrogens with zero attached hydrogens (tertiary/aromatic N) is 1. The zero-order chi connectivity index (χ0) is 14.1. The van der Waals surface area contributed by atoms with Crippen LogP contribution < -0.4 is 11.3 Å². The van der Waals surface area contributed by atoms with E-state index in [-0.39, 0.29) is 6.04 Å². The molecule has 3 nitrogen and oxygen atoms in total. The molecule has 20 heavy (non-hydrogen) atoms. The summed E-state index contributed by atoms with van der Waals surface area (Å²) < 4.78 is 0. The highest BCUT2D eigenvalue weighted by Gasteiger charge is 2.18. The first-order chi connectivity index (χ1) is 9.70. The number of hydrogen-bond donors (Lipinski definition) is 2. The van der Waals surface area contributed by atoms with Crippen LogP contribution in [-0.4, -0.2) is 4.98 Å². The summed E-state index contributed by atoms with van der Waals surface area (Å²) in [7, 11) is 0. The molecule has 1 aromatic carbocycles. The van der Waals surface area contributed by atoms with Crippen molar-refractivity contribution in [2.75, 3.05) is 0 Å². The van der Waals surface area contributed by atoms with Crippen LogP contribution in [0, 0.1) is 13.8 Å². The second-order valence-electron chi connectivity index (χ2n) is 4.94. The van der Waals surface area contributed by atoms with Crippen molar-refractivity contribution in [3.8, 4) is 0 Å². The first-order valence-electron chi connectivity index (χ1n) is 6.56. The molecule has 1 atom stereocenters. The molecular weight excluding hydrogens is 266 g/mol. The molecule has 0 aliphatic carbocycles. The van der Waals surface area contributed by atoms with E-state index in [1.807, 2.05) is 24.5 Å². The van der Waals surface area contributed by atoms with Crippen molar-refractivity contribution in [1.29, 1.82) is 0 Å². The Hall–Kier alpha value is -1.75. The number of hydrazine groups is 1. The Morgan fingerprint density at radius 1 is 1.20 bits per heavy atom. The summed E-state index contributed by atoms with van der Waals surface area (Å²) >= 11 is 1.78. The number of pyridine rings is 1. The highest BCUT2D eigenvalue weighted by molar-refractivity contribution is 7.12. The van der Waals surface area contributed by atoms with Gasteiger partial charge in [0.2, 0.25) is 0 Å². The van der Waals surface area contributed by atoms with Crippen molar-refractivity contribution in [2.45, 2.75) is 19.9 Å². The van der Waals surface area contributed by atoms with Gasteiger partial charge in [-0.25, -0.2) is 5.43 Å². The van der Waals surface area contributed by atoms with Gasteiger partial charge >= 0.3 is 0 Å². The number of benzene rings is 1. The lowest BCUT2D eigenvalue weighted by Crippen LogP contribution is -2.28. The van der Waals surface area contributed by atoms with E-state index in [2.05, 4.69) is 42.5 Å². The molecule has 2 heterocycles. The monoisotopic (exact) mass is 283 g/mol. The summed E-state index contributed by atoms with van der Waals surface area (Å²) in [5, 5.41) is 2.32. The van der Waals surface area contributed by atoms with E-state index in [0.717, 1.165) is 10.9 Å². The number of aromatic nitrogens is 1. The van der Waals surface area contributed by atoms with Crippen molar-refractivity contribution in [2.24, 2.45) is 5.84 Å². The van der Waals surface area contributed by atoms with E-state index in [4.69, 9.17) is 5.84 Å². The molecule has 0 amide bonds. The molecule has 1 unspecified atom stereocenters. The lowest BCUT2D eigenvalue weighted by atomic mass is 10.0. The summed E-state index contributed by atoms with van der Waals surface area (Å²) in [5.74, 6) is 5.82. The molecule has 0 saturated heterocycles. The largest absolute Gasteiger partial charge is 0.271 e. The van der Waals surface area contributed by atoms with Gasteiger partial charge in [0, 0.05) is 33.1 Å². The Labute approximate surface area is 122 Å². The average molecular weight is 283 g/mol. The van der Waals surface area contributed by atoms with Gasteiger partial charge in [-0.3, -0.25) is 10.8 Å². The van der Waals surface area contributed by atoms with Crippen LogP contribution in [0.3, 0.4) is 0 Å². The molecule has 3 N–H and O–H groups in total. The maximum absolute atomic E-state index is 5.82. The van der Waals surface area contributed by atoms with E-state index in [9.17, 15) is 0 Å². The number of nitrogens with one attached hydrogen (secondary N) is 1. The Kier molecular flexibility index (Phi) is 3.53. The standard InChI is InChI=1S/C16H17N3S/c1-10-7-15(20-11(10)2)16(19-17)14-9-18-8-12-5-3-4-6-13(12)14/h3-9,16,19H,17H2,1-2H3. The molecule has 3 aromatic rings. The van der Waals surface area contributed by atoms with E-state index >= 15 is 0 Å². The minimum Gasteiger partial charge on any atom is -0.271 e. The Balaban J connectivity index is 2.16. The summed E-state index contributed by atoms with van der Waals surface area (Å²) in [5.41, 5.74) is 5.36. The molecule has 0 fully saturated rings. The van der Waals surface area contributed by atoms with Crippen molar-refractivity contribution < 1.29 is 0 Å². The second-order valence-corrected chi connectivity index (χ2v) is 6.23. The molecule has 2 aromatic heterocycles. The first kappa shape index (κ1) is 13.2. The maximum Gasteiger partial charge on any atom is 0.0823 e. The number of fused-ring (bicyclic) bond motifs is 1. The Bertz CT molecular complexity index is 724. The summed E-state index contributed by atoms with van der Waals surface area (Å²) in [6.07, 6.45) is 3.79. The normalized spacial score (nSPS) is 12.8. The highest BCUT2D eigenvalue weighted by atomic mass is 32.1. The van der Waals surface area contributed by atoms with Crippen LogP contribution in [0.4, 0.5) is 0 Å². The van der Waals surface area contributed by atoms with Crippen LogP contribution in [0.1, 0.15) is 26.9 Å². The van der Waals surface area contributed by atoms with Crippen molar-refractivity contribution >= 4 is 22.1 Å². The lowest BCUT2D eigenvalue weighted by Gasteiger charge is -2.16. The summed E-state index contributed by atoms with van der Waals surface area (Å²) in [4.78, 5) is 6.90. The molecule has 102 valence electrons. The van der Waals surface area contributed by atoms with Gasteiger partial charge in [-0.2, -0.15) is 0 Å². The van der Waals surface area contributed by atoms with E-state index < -0.39 is 0 Å². The molecule has 0 saturated carbocycles. The molecular formula is C16H17N3S. The van der Waals surface area contributed by atoms with Crippen LogP contribution >= 0.6 is 11.3 Å². The second kappa shape index (κ2) is 5.32. The maximum atomic E-state index is 5.82. The fourth-order valence-corrected chi connectivity index (χ4v) is 3.56. The molecule has 0 aliphatic heterocycles. The molecule has 0 radical (unpaired) electrons. The van der Waals surface area contributed by atoms with E-state index in [1.54, 1.807) is 11.3 Å². The smallest absolute Gasteiger partial charge is 0.0823 e. The summed E-state index contributed by atoms with van der Waals surface area (Å²) in [6.45, 7) is 4.27. The average Bonchev–Trinajstić information content (AvgIpc) is 2.79. The molecule has 0 bridgehead atoms. The minimum absolute atomic E-state index is 0.0222. The van der Waals surface area contributed by atoms with Crippen LogP contribution in [0.5, 0.6) is 0 Å². The SMILES string of the molecule is Cc1cc(C(NN)c2cncc3ccccc23)sc1C. The third kappa shape index (κ3) is 2.22. The zero-order valence-electron chi connectivity index (χ0n) is 11.6. The van der Waals surface area contributed by atoms with Crippen LogP contribution in [0.2, 0.25) is 0 Å². The van der Waals surface area contributed by atoms with Gasteiger partial charge < -0.3 is 0 Å². The highest BCUT2D eigenvalue weighted by Crippen LogP contribution is 2.33. The van der Waals surface area contributed by atoms with Crippen LogP contribution in [0.15, 0.2) is 42.7 Å². The van der Waals surface area contributed by atoms with E-state index in [1.165, 1.54) is 20.7 Å². The molecule has 0 aliphatic rings. The fraction of sp³-hybridized carbons (Fsp3) is 0.188. The molecule has 4 heteroatoms. The zero-order valence-corrected chi connectivity index (χ0v) is 12.4. The predicted molar refractivity (Wildman–Crippen MR) is 84.7 cm³/mol. The number of hydrogen-bond acceptors (Lipinski definition) is 4. The van der Waals surface area contributed by atoms with Crippen LogP contribution in [0.25, 0.3) is 10.8 Å². The van der Waals surface area contributed by atoms with Gasteiger partial charge in [0.25, 0.3) is 0 Å². The van der Waals surface area contributed by atoms with Gasteiger partial charge in [-0.05, 0) is 30.9 Å². The Morgan fingerprint density at radius 2 is 2.00 bits per heavy atom. The van der Waals surface area contributed by atoms with Gasteiger partial charge in [0.15, 0.2) is 0 Å². The quantitative estimate of drug-likeness (QED) is 0.571. The number of thiophene rings is 1. The number of aryl methyl sites for hydroxylation is 2. The number of nitrogens with two attached hydrogens (primary N) is 1. The molecule has 3 rings (SSSR count). The van der Waals surface area contributed by atoms with Crippen LogP contribution in [-0.2, 0) is 0 Å². The fourth-order valence-electron chi connectivity index (χ4n) is 2.44. The van der Waals surface area contributed by atoms with Crippen molar-refractivity contribution in [3.63, 3.8) is 0 Å². The third-order valence-corrected chi connectivity index (χ3v) is 4.86. The van der Waals surface area contributed by atoms with Crippen molar-refractivity contribution in [1.82, 2.24) is 10.4 Å². The van der Waals surface area contributed by atoms with Gasteiger partial charge in [0.1, 0.15) is 0 Å². The summed E-state index contributed by atoms with van der Waals surface area (Å²) in [6, 6.07) is 10.4.